The van der Waals surface area contributed by atoms with E-state index in [1.54, 1.807) is 0 Å². The van der Waals surface area contributed by atoms with Crippen molar-refractivity contribution in [3.63, 3.8) is 0 Å². The molecule has 0 radical (unpaired) electrons. The van der Waals surface area contributed by atoms with Crippen LogP contribution in [0, 0.1) is 10.1 Å². The van der Waals surface area contributed by atoms with Crippen LogP contribution in [0.4, 0.5) is 29.3 Å². The average molecular weight is 507 g/mol. The predicted molar refractivity (Wildman–Crippen MR) is 117 cm³/mol. The standard InChI is InChI=1S/C21H28F3N3O8/c1-21(2,3)35-20(29)26(18(24)17(22)23)6-8-34-15-10-12(19(28)32-4)9-14(16(15)27(30)31)25-11-13-5-7-33-13/h9-10,13,17-18,25H,5-8,11H2,1-4H3/t13-,18?/m0/s1. The number of carbonyl (C=O) groups excluding carboxylic acids is 2. The normalized spacial score (nSPS) is 16.2. The number of hydrogen-bond donors (Lipinski definition) is 1. The van der Waals surface area contributed by atoms with Crippen molar-refractivity contribution in [2.75, 3.05) is 38.7 Å². The number of halogens is 3. The number of rotatable bonds is 11. The van der Waals surface area contributed by atoms with Gasteiger partial charge in [-0.15, -0.1) is 0 Å². The summed E-state index contributed by atoms with van der Waals surface area (Å²) in [6, 6.07) is 2.24. The molecule has 1 aliphatic heterocycles. The van der Waals surface area contributed by atoms with Crippen LogP contribution in [0.3, 0.4) is 0 Å². The molecule has 14 heteroatoms. The van der Waals surface area contributed by atoms with Gasteiger partial charge in [-0.1, -0.05) is 0 Å². The Morgan fingerprint density at radius 1 is 1.31 bits per heavy atom. The van der Waals surface area contributed by atoms with E-state index in [4.69, 9.17) is 14.2 Å². The van der Waals surface area contributed by atoms with Gasteiger partial charge < -0.3 is 24.3 Å². The summed E-state index contributed by atoms with van der Waals surface area (Å²) in [6.45, 7) is 3.85. The molecule has 1 unspecified atom stereocenters. The van der Waals surface area contributed by atoms with Gasteiger partial charge in [0.05, 0.1) is 30.2 Å². The zero-order chi connectivity index (χ0) is 26.3. The lowest BCUT2D eigenvalue weighted by molar-refractivity contribution is -0.385. The smallest absolute Gasteiger partial charge is 0.412 e. The van der Waals surface area contributed by atoms with Gasteiger partial charge in [-0.25, -0.2) is 22.8 Å². The Balaban J connectivity index is 2.28. The van der Waals surface area contributed by atoms with E-state index in [2.05, 4.69) is 10.1 Å². The maximum Gasteiger partial charge on any atom is 0.412 e. The summed E-state index contributed by atoms with van der Waals surface area (Å²) in [5, 5.41) is 14.6. The van der Waals surface area contributed by atoms with E-state index < -0.39 is 59.9 Å². The summed E-state index contributed by atoms with van der Waals surface area (Å²) in [6.07, 6.45) is -7.29. The van der Waals surface area contributed by atoms with Gasteiger partial charge >= 0.3 is 17.7 Å². The second kappa shape index (κ2) is 11.9. The summed E-state index contributed by atoms with van der Waals surface area (Å²) >= 11 is 0. The number of nitrogens with zero attached hydrogens (tertiary/aromatic N) is 2. The number of alkyl halides is 3. The molecule has 2 rings (SSSR count). The Kier molecular flexibility index (Phi) is 9.51. The molecule has 1 saturated heterocycles. The SMILES string of the molecule is COC(=O)c1cc(NC[C@@H]2CCO2)c([N+](=O)[O-])c(OCCN(C(=O)OC(C)(C)C)C(F)C(F)F)c1. The van der Waals surface area contributed by atoms with Crippen LogP contribution >= 0.6 is 0 Å². The van der Waals surface area contributed by atoms with Crippen LogP contribution in [0.1, 0.15) is 37.6 Å². The lowest BCUT2D eigenvalue weighted by atomic mass is 10.1. The monoisotopic (exact) mass is 507 g/mol. The Morgan fingerprint density at radius 3 is 2.46 bits per heavy atom. The number of amides is 1. The van der Waals surface area contributed by atoms with E-state index >= 15 is 0 Å². The summed E-state index contributed by atoms with van der Waals surface area (Å²) in [7, 11) is 1.12. The summed E-state index contributed by atoms with van der Waals surface area (Å²) in [4.78, 5) is 35.4. The highest BCUT2D eigenvalue weighted by molar-refractivity contribution is 5.93. The van der Waals surface area contributed by atoms with Crippen LogP contribution in [0.25, 0.3) is 0 Å². The van der Waals surface area contributed by atoms with Crippen molar-refractivity contribution >= 4 is 23.4 Å². The largest absolute Gasteiger partial charge is 0.485 e. The number of esters is 1. The van der Waals surface area contributed by atoms with E-state index in [1.807, 2.05) is 0 Å². The topological polar surface area (TPSA) is 129 Å². The van der Waals surface area contributed by atoms with E-state index in [0.717, 1.165) is 19.6 Å². The van der Waals surface area contributed by atoms with Crippen LogP contribution in [-0.2, 0) is 14.2 Å². The number of benzene rings is 1. The van der Waals surface area contributed by atoms with Crippen molar-refractivity contribution in [2.45, 2.75) is 51.6 Å². The van der Waals surface area contributed by atoms with Crippen molar-refractivity contribution in [1.29, 1.82) is 0 Å². The molecule has 1 aromatic carbocycles. The van der Waals surface area contributed by atoms with Gasteiger partial charge in [-0.3, -0.25) is 15.0 Å². The molecule has 1 aliphatic rings. The van der Waals surface area contributed by atoms with Crippen LogP contribution in [0.2, 0.25) is 0 Å². The minimum absolute atomic E-state index is 0.0663. The van der Waals surface area contributed by atoms with Crippen LogP contribution in [-0.4, -0.2) is 79.7 Å². The molecule has 0 saturated carbocycles. The molecular weight excluding hydrogens is 479 g/mol. The number of ether oxygens (including phenoxy) is 4. The highest BCUT2D eigenvalue weighted by Gasteiger charge is 2.34. The van der Waals surface area contributed by atoms with E-state index in [-0.39, 0.29) is 28.8 Å². The molecule has 1 aromatic rings. The molecule has 1 N–H and O–H groups in total. The van der Waals surface area contributed by atoms with E-state index in [0.29, 0.717) is 6.61 Å². The predicted octanol–water partition coefficient (Wildman–Crippen LogP) is 3.76. The third-order valence-corrected chi connectivity index (χ3v) is 4.72. The van der Waals surface area contributed by atoms with Crippen LogP contribution in [0.15, 0.2) is 12.1 Å². The van der Waals surface area contributed by atoms with Crippen LogP contribution in [0.5, 0.6) is 5.75 Å². The molecule has 0 bridgehead atoms. The van der Waals surface area contributed by atoms with Gasteiger partial charge in [0.15, 0.2) is 5.75 Å². The minimum atomic E-state index is -3.52. The molecule has 11 nitrogen and oxygen atoms in total. The molecule has 35 heavy (non-hydrogen) atoms. The van der Waals surface area contributed by atoms with Gasteiger partial charge in [0.25, 0.3) is 6.43 Å². The second-order valence-electron chi connectivity index (χ2n) is 8.51. The fourth-order valence-electron chi connectivity index (χ4n) is 2.97. The molecule has 0 spiro atoms. The van der Waals surface area contributed by atoms with Crippen molar-refractivity contribution in [3.05, 3.63) is 27.8 Å². The van der Waals surface area contributed by atoms with Gasteiger partial charge in [0.1, 0.15) is 17.9 Å². The highest BCUT2D eigenvalue weighted by Crippen LogP contribution is 2.37. The molecule has 196 valence electrons. The number of nitro benzene ring substituents is 1. The third-order valence-electron chi connectivity index (χ3n) is 4.72. The van der Waals surface area contributed by atoms with Crippen molar-refractivity contribution in [3.8, 4) is 5.75 Å². The Labute approximate surface area is 199 Å². The average Bonchev–Trinajstić information content (AvgIpc) is 2.72. The first kappa shape index (κ1) is 28.0. The molecule has 0 aromatic heterocycles. The fraction of sp³-hybridized carbons (Fsp3) is 0.619. The number of anilines is 1. The zero-order valence-corrected chi connectivity index (χ0v) is 19.7. The third kappa shape index (κ3) is 7.87. The molecule has 2 atom stereocenters. The fourth-order valence-corrected chi connectivity index (χ4v) is 2.97. The van der Waals surface area contributed by atoms with E-state index in [1.165, 1.54) is 26.8 Å². The Morgan fingerprint density at radius 2 is 1.97 bits per heavy atom. The second-order valence-corrected chi connectivity index (χ2v) is 8.51. The molecule has 1 amide bonds. The summed E-state index contributed by atoms with van der Waals surface area (Å²) < 4.78 is 60.3. The number of hydrogen-bond acceptors (Lipinski definition) is 9. The highest BCUT2D eigenvalue weighted by atomic mass is 19.3. The first-order valence-corrected chi connectivity index (χ1v) is 10.6. The number of nitro groups is 1. The van der Waals surface area contributed by atoms with Crippen molar-refractivity contribution < 1.29 is 46.6 Å². The first-order valence-electron chi connectivity index (χ1n) is 10.6. The first-order chi connectivity index (χ1) is 16.3. The van der Waals surface area contributed by atoms with Gasteiger partial charge in [-0.2, -0.15) is 0 Å². The molecule has 1 fully saturated rings. The Hall–Kier alpha value is -3.29. The maximum atomic E-state index is 14.1. The van der Waals surface area contributed by atoms with Crippen molar-refractivity contribution in [2.24, 2.45) is 0 Å². The van der Waals surface area contributed by atoms with E-state index in [9.17, 15) is 32.9 Å². The lowest BCUT2D eigenvalue weighted by Gasteiger charge is -2.29. The molecule has 0 aliphatic carbocycles. The quantitative estimate of drug-likeness (QED) is 0.206. The van der Waals surface area contributed by atoms with Gasteiger partial charge in [0, 0.05) is 19.2 Å². The number of methoxy groups -OCH3 is 1. The molecular formula is C21H28F3N3O8. The summed E-state index contributed by atoms with van der Waals surface area (Å²) in [5.41, 5.74) is -1.80. The van der Waals surface area contributed by atoms with Gasteiger partial charge in [0.2, 0.25) is 6.30 Å². The van der Waals surface area contributed by atoms with Crippen LogP contribution < -0.4 is 10.1 Å². The number of nitrogens with one attached hydrogen (secondary N) is 1. The zero-order valence-electron chi connectivity index (χ0n) is 19.7. The van der Waals surface area contributed by atoms with Crippen molar-refractivity contribution in [1.82, 2.24) is 4.90 Å². The molecule has 1 heterocycles. The number of carbonyl (C=O) groups is 2. The summed E-state index contributed by atoms with van der Waals surface area (Å²) in [5.74, 6) is -1.23. The maximum absolute atomic E-state index is 14.1. The van der Waals surface area contributed by atoms with Gasteiger partial charge in [-0.05, 0) is 33.3 Å². The lowest BCUT2D eigenvalue weighted by Crippen LogP contribution is -2.46. The minimum Gasteiger partial charge on any atom is -0.485 e. The Bertz CT molecular complexity index is 922.